The molecule has 8 nitrogen and oxygen atoms in total. The zero-order chi connectivity index (χ0) is 23.1. The first-order valence-electron chi connectivity index (χ1n) is 9.87. The van der Waals surface area contributed by atoms with Crippen molar-refractivity contribution in [3.63, 3.8) is 0 Å². The summed E-state index contributed by atoms with van der Waals surface area (Å²) in [5, 5.41) is 6.23. The van der Waals surface area contributed by atoms with Crippen LogP contribution in [0.25, 0.3) is 10.9 Å². The van der Waals surface area contributed by atoms with Gasteiger partial charge in [-0.2, -0.15) is 0 Å². The van der Waals surface area contributed by atoms with Crippen LogP contribution >= 0.6 is 11.8 Å². The molecule has 0 fully saturated rings. The molecule has 1 aromatic heterocycles. The van der Waals surface area contributed by atoms with Gasteiger partial charge in [-0.05, 0) is 36.8 Å². The van der Waals surface area contributed by atoms with E-state index in [1.165, 1.54) is 11.7 Å². The quantitative estimate of drug-likeness (QED) is 0.294. The van der Waals surface area contributed by atoms with E-state index >= 15 is 0 Å². The average molecular weight is 453 g/mol. The number of aromatic nitrogens is 2. The molecule has 3 rings (SSSR count). The molecule has 0 saturated heterocycles. The smallest absolute Gasteiger partial charge is 0.262 e. The number of fused-ring (bicyclic) bond motifs is 1. The number of para-hydroxylation sites is 1. The normalized spacial score (nSPS) is 10.6. The lowest BCUT2D eigenvalue weighted by molar-refractivity contribution is -0.122. The Morgan fingerprint density at radius 3 is 2.75 bits per heavy atom. The minimum atomic E-state index is -0.375. The van der Waals surface area contributed by atoms with Gasteiger partial charge in [0.2, 0.25) is 11.8 Å². The van der Waals surface area contributed by atoms with Gasteiger partial charge in [-0.25, -0.2) is 4.98 Å². The van der Waals surface area contributed by atoms with Gasteiger partial charge in [-0.1, -0.05) is 36.0 Å². The number of hydrogen-bond donors (Lipinski definition) is 2. The molecule has 166 valence electrons. The highest BCUT2D eigenvalue weighted by molar-refractivity contribution is 7.99. The lowest BCUT2D eigenvalue weighted by Gasteiger charge is -2.12. The summed E-state index contributed by atoms with van der Waals surface area (Å²) in [6.07, 6.45) is 1.60. The van der Waals surface area contributed by atoms with Crippen molar-refractivity contribution in [2.45, 2.75) is 18.6 Å². The summed E-state index contributed by atoms with van der Waals surface area (Å²) in [5.74, 6) is -0.190. The summed E-state index contributed by atoms with van der Waals surface area (Å²) in [5.41, 5.74) is 1.88. The van der Waals surface area contributed by atoms with Gasteiger partial charge in [0, 0.05) is 6.54 Å². The Labute approximate surface area is 189 Å². The van der Waals surface area contributed by atoms with Crippen molar-refractivity contribution >= 4 is 40.2 Å². The summed E-state index contributed by atoms with van der Waals surface area (Å²) in [6, 6.07) is 12.5. The van der Waals surface area contributed by atoms with E-state index < -0.39 is 0 Å². The topological polar surface area (TPSA) is 102 Å². The first-order valence-corrected chi connectivity index (χ1v) is 10.9. The van der Waals surface area contributed by atoms with Gasteiger partial charge in [0.15, 0.2) is 5.16 Å². The molecule has 0 saturated carbocycles. The van der Waals surface area contributed by atoms with Gasteiger partial charge in [0.05, 0.1) is 36.0 Å². The Balaban J connectivity index is 1.61. The van der Waals surface area contributed by atoms with Gasteiger partial charge < -0.3 is 15.4 Å². The van der Waals surface area contributed by atoms with Gasteiger partial charge in [0.1, 0.15) is 5.75 Å². The molecule has 0 atom stereocenters. The molecule has 9 heteroatoms. The number of ether oxygens (including phenoxy) is 1. The highest BCUT2D eigenvalue weighted by Crippen LogP contribution is 2.25. The maximum Gasteiger partial charge on any atom is 0.262 e. The molecule has 0 unspecified atom stereocenters. The van der Waals surface area contributed by atoms with E-state index in [1.54, 1.807) is 42.5 Å². The summed E-state index contributed by atoms with van der Waals surface area (Å²) in [6.45, 7) is 5.67. The third kappa shape index (κ3) is 5.55. The number of carbonyl (C=O) groups excluding carboxylic acids is 2. The number of anilines is 1. The number of aryl methyl sites for hydroxylation is 1. The Morgan fingerprint density at radius 1 is 1.22 bits per heavy atom. The van der Waals surface area contributed by atoms with Crippen molar-refractivity contribution in [1.29, 1.82) is 0 Å². The van der Waals surface area contributed by atoms with Crippen LogP contribution < -0.4 is 20.9 Å². The van der Waals surface area contributed by atoms with Crippen LogP contribution in [0.1, 0.15) is 5.56 Å². The van der Waals surface area contributed by atoms with Gasteiger partial charge >= 0.3 is 0 Å². The van der Waals surface area contributed by atoms with Crippen LogP contribution in [0.2, 0.25) is 0 Å². The first kappa shape index (κ1) is 23.1. The molecule has 2 aromatic carbocycles. The zero-order valence-electron chi connectivity index (χ0n) is 17.9. The number of carbonyl (C=O) groups is 2. The van der Waals surface area contributed by atoms with E-state index in [0.29, 0.717) is 27.5 Å². The van der Waals surface area contributed by atoms with E-state index in [1.807, 2.05) is 13.0 Å². The molecule has 2 N–H and O–H groups in total. The van der Waals surface area contributed by atoms with Crippen LogP contribution in [0.5, 0.6) is 5.75 Å². The second-order valence-corrected chi connectivity index (χ2v) is 7.88. The third-order valence-corrected chi connectivity index (χ3v) is 5.52. The van der Waals surface area contributed by atoms with E-state index in [0.717, 1.165) is 17.3 Å². The maximum atomic E-state index is 12.7. The molecular weight excluding hydrogens is 428 g/mol. The Kier molecular flexibility index (Phi) is 7.67. The summed E-state index contributed by atoms with van der Waals surface area (Å²) in [4.78, 5) is 41.8. The van der Waals surface area contributed by atoms with E-state index in [-0.39, 0.29) is 36.2 Å². The van der Waals surface area contributed by atoms with Crippen LogP contribution in [-0.4, -0.2) is 40.8 Å². The number of benzene rings is 2. The molecule has 32 heavy (non-hydrogen) atoms. The van der Waals surface area contributed by atoms with Crippen molar-refractivity contribution < 1.29 is 14.3 Å². The molecule has 1 heterocycles. The highest BCUT2D eigenvalue weighted by Gasteiger charge is 2.14. The Hall–Kier alpha value is -3.59. The van der Waals surface area contributed by atoms with Crippen molar-refractivity contribution in [2.75, 3.05) is 24.7 Å². The van der Waals surface area contributed by atoms with Gasteiger partial charge in [0.25, 0.3) is 5.56 Å². The second kappa shape index (κ2) is 10.6. The van der Waals surface area contributed by atoms with E-state index in [4.69, 9.17) is 4.74 Å². The second-order valence-electron chi connectivity index (χ2n) is 6.93. The number of methoxy groups -OCH3 is 1. The van der Waals surface area contributed by atoms with Crippen molar-refractivity contribution in [3.05, 3.63) is 71.0 Å². The third-order valence-electron chi connectivity index (χ3n) is 4.55. The number of nitrogens with one attached hydrogen (secondary N) is 2. The minimum Gasteiger partial charge on any atom is -0.495 e. The van der Waals surface area contributed by atoms with Crippen molar-refractivity contribution in [3.8, 4) is 5.75 Å². The average Bonchev–Trinajstić information content (AvgIpc) is 2.78. The molecule has 0 aliphatic rings. The molecule has 0 spiro atoms. The molecule has 0 radical (unpaired) electrons. The number of thioether (sulfide) groups is 1. The SMILES string of the molecule is C=CCn1c(SCC(=O)NCC(=O)Nc2cc(C)ccc2OC)nc2ccccc2c1=O. The van der Waals surface area contributed by atoms with Crippen molar-refractivity contribution in [1.82, 2.24) is 14.9 Å². The van der Waals surface area contributed by atoms with Gasteiger partial charge in [-0.3, -0.25) is 19.0 Å². The molecule has 0 aliphatic carbocycles. The largest absolute Gasteiger partial charge is 0.495 e. The number of amides is 2. The lowest BCUT2D eigenvalue weighted by Crippen LogP contribution is -2.34. The fourth-order valence-corrected chi connectivity index (χ4v) is 3.86. The summed E-state index contributed by atoms with van der Waals surface area (Å²) in [7, 11) is 1.52. The first-order chi connectivity index (χ1) is 15.4. The fourth-order valence-electron chi connectivity index (χ4n) is 3.02. The summed E-state index contributed by atoms with van der Waals surface area (Å²) < 4.78 is 6.71. The Bertz CT molecular complexity index is 1220. The molecule has 2 amide bonds. The number of allylic oxidation sites excluding steroid dienone is 1. The van der Waals surface area contributed by atoms with E-state index in [2.05, 4.69) is 22.2 Å². The standard InChI is InChI=1S/C23H24N4O4S/c1-4-11-27-22(30)16-7-5-6-8-17(16)26-23(27)32-14-21(29)24-13-20(28)25-18-12-15(2)9-10-19(18)31-3/h4-10,12H,1,11,13-14H2,2-3H3,(H,24,29)(H,25,28). The van der Waals surface area contributed by atoms with Crippen molar-refractivity contribution in [2.24, 2.45) is 0 Å². The monoisotopic (exact) mass is 452 g/mol. The van der Waals surface area contributed by atoms with Crippen LogP contribution in [-0.2, 0) is 16.1 Å². The predicted molar refractivity (Wildman–Crippen MR) is 126 cm³/mol. The number of rotatable bonds is 9. The highest BCUT2D eigenvalue weighted by atomic mass is 32.2. The van der Waals surface area contributed by atoms with Gasteiger partial charge in [-0.15, -0.1) is 6.58 Å². The maximum absolute atomic E-state index is 12.7. The van der Waals surface area contributed by atoms with Crippen LogP contribution in [0, 0.1) is 6.92 Å². The number of hydrogen-bond acceptors (Lipinski definition) is 6. The zero-order valence-corrected chi connectivity index (χ0v) is 18.7. The fraction of sp³-hybridized carbons (Fsp3) is 0.217. The number of nitrogens with zero attached hydrogens (tertiary/aromatic N) is 2. The molecule has 3 aromatic rings. The predicted octanol–water partition coefficient (Wildman–Crippen LogP) is 2.75. The van der Waals surface area contributed by atoms with Crippen LogP contribution in [0.4, 0.5) is 5.69 Å². The Morgan fingerprint density at radius 2 is 2.00 bits per heavy atom. The van der Waals surface area contributed by atoms with Crippen LogP contribution in [0.15, 0.2) is 65.1 Å². The summed E-state index contributed by atoms with van der Waals surface area (Å²) >= 11 is 1.13. The molecule has 0 aliphatic heterocycles. The minimum absolute atomic E-state index is 0.00295. The molecular formula is C23H24N4O4S. The molecule has 0 bridgehead atoms. The lowest BCUT2D eigenvalue weighted by atomic mass is 10.2. The van der Waals surface area contributed by atoms with Crippen LogP contribution in [0.3, 0.4) is 0 Å². The van der Waals surface area contributed by atoms with E-state index in [9.17, 15) is 14.4 Å².